The third-order valence-electron chi connectivity index (χ3n) is 1.92. The molecule has 0 spiro atoms. The van der Waals surface area contributed by atoms with Gasteiger partial charge in [-0.2, -0.15) is 5.26 Å². The van der Waals surface area contributed by atoms with Crippen molar-refractivity contribution < 1.29 is 4.79 Å². The smallest absolute Gasteiger partial charge is 0.159 e. The van der Waals surface area contributed by atoms with Crippen molar-refractivity contribution in [1.29, 1.82) is 5.26 Å². The fourth-order valence-corrected chi connectivity index (χ4v) is 1.31. The summed E-state index contributed by atoms with van der Waals surface area (Å²) in [4.78, 5) is 11.0. The van der Waals surface area contributed by atoms with E-state index in [9.17, 15) is 4.79 Å². The van der Waals surface area contributed by atoms with Gasteiger partial charge in [-0.05, 0) is 12.5 Å². The highest BCUT2D eigenvalue weighted by Crippen LogP contribution is 2.09. The van der Waals surface area contributed by atoms with E-state index in [4.69, 9.17) is 16.9 Å². The zero-order chi connectivity index (χ0) is 10.6. The van der Waals surface area contributed by atoms with Crippen molar-refractivity contribution in [2.75, 3.05) is 0 Å². The number of ketones is 1. The number of carbonyl (C=O) groups is 1. The van der Waals surface area contributed by atoms with Gasteiger partial charge in [-0.3, -0.25) is 4.79 Å². The van der Waals surface area contributed by atoms with Crippen LogP contribution >= 0.6 is 11.6 Å². The SMILES string of the molecule is CC(=O)c1ccc(CC(Cl)C#N)cc1. The topological polar surface area (TPSA) is 40.9 Å². The number of Topliss-reactive ketones (excluding diaryl/α,β-unsaturated/α-hetero) is 1. The van der Waals surface area contributed by atoms with Crippen molar-refractivity contribution in [3.8, 4) is 6.07 Å². The van der Waals surface area contributed by atoms with Crippen LogP contribution in [0.4, 0.5) is 0 Å². The van der Waals surface area contributed by atoms with Gasteiger partial charge in [0.2, 0.25) is 0 Å². The maximum absolute atomic E-state index is 11.0. The number of nitriles is 1. The Bertz CT molecular complexity index is 364. The minimum atomic E-state index is -0.502. The van der Waals surface area contributed by atoms with Crippen LogP contribution < -0.4 is 0 Å². The van der Waals surface area contributed by atoms with Crippen LogP contribution in [0.15, 0.2) is 24.3 Å². The van der Waals surface area contributed by atoms with Crippen LogP contribution in [0.5, 0.6) is 0 Å². The molecule has 0 radical (unpaired) electrons. The Morgan fingerprint density at radius 2 is 2.07 bits per heavy atom. The molecule has 1 atom stereocenters. The van der Waals surface area contributed by atoms with Crippen LogP contribution in [0, 0.1) is 11.3 Å². The highest BCUT2D eigenvalue weighted by atomic mass is 35.5. The summed E-state index contributed by atoms with van der Waals surface area (Å²) in [5, 5.41) is 8.00. The van der Waals surface area contributed by atoms with E-state index in [0.717, 1.165) is 5.56 Å². The minimum absolute atomic E-state index is 0.0410. The molecule has 3 heteroatoms. The first kappa shape index (κ1) is 10.7. The number of nitrogens with zero attached hydrogens (tertiary/aromatic N) is 1. The molecule has 2 nitrogen and oxygen atoms in total. The van der Waals surface area contributed by atoms with Gasteiger partial charge in [0.25, 0.3) is 0 Å². The Balaban J connectivity index is 2.75. The van der Waals surface area contributed by atoms with Gasteiger partial charge in [-0.1, -0.05) is 24.3 Å². The van der Waals surface area contributed by atoms with Crippen molar-refractivity contribution >= 4 is 17.4 Å². The standard InChI is InChI=1S/C11H10ClNO/c1-8(14)10-4-2-9(3-5-10)6-11(12)7-13/h2-5,11H,6H2,1H3. The third-order valence-corrected chi connectivity index (χ3v) is 2.17. The molecule has 14 heavy (non-hydrogen) atoms. The molecular weight excluding hydrogens is 198 g/mol. The highest BCUT2D eigenvalue weighted by molar-refractivity contribution is 6.22. The molecule has 0 heterocycles. The maximum Gasteiger partial charge on any atom is 0.159 e. The molecular formula is C11H10ClNO. The van der Waals surface area contributed by atoms with E-state index in [2.05, 4.69) is 0 Å². The van der Waals surface area contributed by atoms with Gasteiger partial charge in [-0.15, -0.1) is 11.6 Å². The van der Waals surface area contributed by atoms with Gasteiger partial charge in [0.15, 0.2) is 5.78 Å². The second kappa shape index (κ2) is 4.78. The third kappa shape index (κ3) is 2.86. The molecule has 0 aromatic heterocycles. The summed E-state index contributed by atoms with van der Waals surface area (Å²) >= 11 is 5.67. The van der Waals surface area contributed by atoms with E-state index in [1.807, 2.05) is 18.2 Å². The molecule has 0 saturated heterocycles. The quantitative estimate of drug-likeness (QED) is 0.565. The van der Waals surface area contributed by atoms with Crippen LogP contribution in [0.3, 0.4) is 0 Å². The van der Waals surface area contributed by atoms with Gasteiger partial charge < -0.3 is 0 Å². The summed E-state index contributed by atoms with van der Waals surface area (Å²) in [5.74, 6) is 0.0410. The monoisotopic (exact) mass is 207 g/mol. The van der Waals surface area contributed by atoms with Crippen LogP contribution in [-0.4, -0.2) is 11.2 Å². The molecule has 0 amide bonds. The number of carbonyl (C=O) groups excluding carboxylic acids is 1. The molecule has 1 rings (SSSR count). The zero-order valence-corrected chi connectivity index (χ0v) is 8.58. The van der Waals surface area contributed by atoms with E-state index in [0.29, 0.717) is 12.0 Å². The zero-order valence-electron chi connectivity index (χ0n) is 7.83. The lowest BCUT2D eigenvalue weighted by Gasteiger charge is -2.01. The lowest BCUT2D eigenvalue weighted by atomic mass is 10.1. The van der Waals surface area contributed by atoms with Crippen LogP contribution in [-0.2, 0) is 6.42 Å². The summed E-state index contributed by atoms with van der Waals surface area (Å²) < 4.78 is 0. The highest BCUT2D eigenvalue weighted by Gasteiger charge is 2.04. The van der Waals surface area contributed by atoms with E-state index in [1.54, 1.807) is 12.1 Å². The Morgan fingerprint density at radius 1 is 1.50 bits per heavy atom. The summed E-state index contributed by atoms with van der Waals surface area (Å²) in [6.07, 6.45) is 0.510. The van der Waals surface area contributed by atoms with Crippen LogP contribution in [0.25, 0.3) is 0 Å². The lowest BCUT2D eigenvalue weighted by Crippen LogP contribution is -2.00. The van der Waals surface area contributed by atoms with Gasteiger partial charge in [0.1, 0.15) is 5.38 Å². The lowest BCUT2D eigenvalue weighted by molar-refractivity contribution is 0.101. The summed E-state index contributed by atoms with van der Waals surface area (Å²) in [6, 6.07) is 9.09. The number of alkyl halides is 1. The average molecular weight is 208 g/mol. The van der Waals surface area contributed by atoms with Gasteiger partial charge >= 0.3 is 0 Å². The molecule has 1 aromatic rings. The molecule has 72 valence electrons. The number of halogens is 1. The Kier molecular flexibility index (Phi) is 3.67. The van der Waals surface area contributed by atoms with E-state index in [1.165, 1.54) is 6.92 Å². The minimum Gasteiger partial charge on any atom is -0.295 e. The van der Waals surface area contributed by atoms with Crippen molar-refractivity contribution in [1.82, 2.24) is 0 Å². The predicted molar refractivity (Wildman–Crippen MR) is 55.4 cm³/mol. The predicted octanol–water partition coefficient (Wildman–Crippen LogP) is 2.56. The van der Waals surface area contributed by atoms with Crippen molar-refractivity contribution in [3.63, 3.8) is 0 Å². The molecule has 0 saturated carbocycles. The van der Waals surface area contributed by atoms with Crippen LogP contribution in [0.1, 0.15) is 22.8 Å². The first-order valence-corrected chi connectivity index (χ1v) is 4.70. The second-order valence-electron chi connectivity index (χ2n) is 3.05. The molecule has 0 aliphatic rings. The normalized spacial score (nSPS) is 11.8. The van der Waals surface area contributed by atoms with Gasteiger partial charge in [-0.25, -0.2) is 0 Å². The molecule has 0 aliphatic heterocycles. The van der Waals surface area contributed by atoms with Crippen molar-refractivity contribution in [2.45, 2.75) is 18.7 Å². The molecule has 0 N–H and O–H groups in total. The van der Waals surface area contributed by atoms with Gasteiger partial charge in [0.05, 0.1) is 6.07 Å². The van der Waals surface area contributed by atoms with Crippen molar-refractivity contribution in [3.05, 3.63) is 35.4 Å². The molecule has 0 bridgehead atoms. The summed E-state index contributed by atoms with van der Waals surface area (Å²) in [5.41, 5.74) is 1.65. The molecule has 0 fully saturated rings. The second-order valence-corrected chi connectivity index (χ2v) is 3.58. The largest absolute Gasteiger partial charge is 0.295 e. The first-order valence-electron chi connectivity index (χ1n) is 4.27. The van der Waals surface area contributed by atoms with E-state index < -0.39 is 5.38 Å². The number of hydrogen-bond acceptors (Lipinski definition) is 2. The Labute approximate surface area is 88.1 Å². The molecule has 0 aliphatic carbocycles. The summed E-state index contributed by atoms with van der Waals surface area (Å²) in [7, 11) is 0. The Morgan fingerprint density at radius 3 is 2.50 bits per heavy atom. The fourth-order valence-electron chi connectivity index (χ4n) is 1.13. The Hall–Kier alpha value is -1.33. The molecule has 1 unspecified atom stereocenters. The molecule has 1 aromatic carbocycles. The number of hydrogen-bond donors (Lipinski definition) is 0. The number of benzene rings is 1. The van der Waals surface area contributed by atoms with Crippen molar-refractivity contribution in [2.24, 2.45) is 0 Å². The fraction of sp³-hybridized carbons (Fsp3) is 0.273. The van der Waals surface area contributed by atoms with Crippen LogP contribution in [0.2, 0.25) is 0 Å². The summed E-state index contributed by atoms with van der Waals surface area (Å²) in [6.45, 7) is 1.52. The average Bonchev–Trinajstić information content (AvgIpc) is 2.18. The first-order chi connectivity index (χ1) is 6.63. The van der Waals surface area contributed by atoms with Gasteiger partial charge in [0, 0.05) is 12.0 Å². The van der Waals surface area contributed by atoms with E-state index >= 15 is 0 Å². The number of rotatable bonds is 3. The van der Waals surface area contributed by atoms with E-state index in [-0.39, 0.29) is 5.78 Å². The maximum atomic E-state index is 11.0.